The van der Waals surface area contributed by atoms with E-state index in [1.807, 2.05) is 0 Å². The number of piperidine rings is 1. The Kier molecular flexibility index (Phi) is 6.61. The molecule has 2 aromatic heterocycles. The van der Waals surface area contributed by atoms with Gasteiger partial charge in [0.2, 0.25) is 0 Å². The number of halogens is 4. The molecule has 4 heterocycles. The third-order valence-electron chi connectivity index (χ3n) is 8.19. The van der Waals surface area contributed by atoms with Crippen molar-refractivity contribution in [1.29, 1.82) is 0 Å². The number of carboxylic acids is 1. The standard InChI is InChI=1S/C29H25F4N3O5S/c30-21-9-15(27(37)38)10-23-25(21)34-28(42-23)36-16-7-8-17(36)12-18(11-16)39-13-20-24(35-41-26(20)14-5-6-14)19-3-1-2-4-22(19)40-29(31,32)33/h1-4,9-10,14,16-18H,5-8,11-13H2,(H,37,38). The topological polar surface area (TPSA) is 97.9 Å². The number of hydrogen-bond donors (Lipinski definition) is 1. The zero-order chi connectivity index (χ0) is 29.2. The van der Waals surface area contributed by atoms with E-state index in [4.69, 9.17) is 9.26 Å². The third kappa shape index (κ3) is 5.08. The van der Waals surface area contributed by atoms with Crippen LogP contribution in [0.25, 0.3) is 21.5 Å². The van der Waals surface area contributed by atoms with Crippen LogP contribution in [0.2, 0.25) is 0 Å². The predicted octanol–water partition coefficient (Wildman–Crippen LogP) is 7.28. The first-order chi connectivity index (χ1) is 20.1. The number of anilines is 1. The van der Waals surface area contributed by atoms with Crippen LogP contribution in [-0.4, -0.2) is 45.8 Å². The largest absolute Gasteiger partial charge is 0.573 e. The van der Waals surface area contributed by atoms with Crippen molar-refractivity contribution in [1.82, 2.24) is 10.1 Å². The summed E-state index contributed by atoms with van der Waals surface area (Å²) in [5.74, 6) is -1.39. The molecule has 2 aliphatic heterocycles. The number of para-hydroxylation sites is 1. The zero-order valence-corrected chi connectivity index (χ0v) is 22.9. The summed E-state index contributed by atoms with van der Waals surface area (Å²) in [4.78, 5) is 18.1. The molecule has 1 N–H and O–H groups in total. The quantitative estimate of drug-likeness (QED) is 0.210. The number of alkyl halides is 3. The number of thiazole rings is 1. The maximum Gasteiger partial charge on any atom is 0.573 e. The molecular formula is C29H25F4N3O5S. The highest BCUT2D eigenvalue weighted by atomic mass is 32.1. The van der Waals surface area contributed by atoms with Crippen molar-refractivity contribution in [2.75, 3.05) is 4.90 Å². The van der Waals surface area contributed by atoms with Gasteiger partial charge >= 0.3 is 12.3 Å². The first-order valence-electron chi connectivity index (χ1n) is 13.7. The van der Waals surface area contributed by atoms with Gasteiger partial charge in [-0.3, -0.25) is 0 Å². The van der Waals surface area contributed by atoms with E-state index in [9.17, 15) is 27.5 Å². The fraction of sp³-hybridized carbons (Fsp3) is 0.414. The molecule has 42 heavy (non-hydrogen) atoms. The minimum Gasteiger partial charge on any atom is -0.478 e. The summed E-state index contributed by atoms with van der Waals surface area (Å²) in [6.07, 6.45) is 0.0965. The molecule has 3 fully saturated rings. The molecule has 13 heteroatoms. The first-order valence-corrected chi connectivity index (χ1v) is 14.5. The van der Waals surface area contributed by atoms with E-state index in [2.05, 4.69) is 19.8 Å². The van der Waals surface area contributed by atoms with Crippen LogP contribution in [0.5, 0.6) is 5.75 Å². The van der Waals surface area contributed by atoms with Gasteiger partial charge in [-0.2, -0.15) is 0 Å². The van der Waals surface area contributed by atoms with Crippen molar-refractivity contribution in [2.24, 2.45) is 0 Å². The molecule has 8 nitrogen and oxygen atoms in total. The summed E-state index contributed by atoms with van der Waals surface area (Å²) in [6.45, 7) is 0.138. The van der Waals surface area contributed by atoms with E-state index in [-0.39, 0.29) is 58.8 Å². The van der Waals surface area contributed by atoms with Crippen LogP contribution in [0.15, 0.2) is 40.9 Å². The molecule has 0 radical (unpaired) electrons. The van der Waals surface area contributed by atoms with Crippen molar-refractivity contribution in [2.45, 2.75) is 75.6 Å². The van der Waals surface area contributed by atoms with Crippen molar-refractivity contribution in [3.05, 3.63) is 59.1 Å². The van der Waals surface area contributed by atoms with E-state index in [1.54, 1.807) is 6.07 Å². The lowest BCUT2D eigenvalue weighted by Gasteiger charge is -2.38. The second-order valence-electron chi connectivity index (χ2n) is 11.0. The summed E-state index contributed by atoms with van der Waals surface area (Å²) >= 11 is 1.28. The number of fused-ring (bicyclic) bond motifs is 3. The second-order valence-corrected chi connectivity index (χ2v) is 12.0. The van der Waals surface area contributed by atoms with Crippen LogP contribution in [-0.2, 0) is 11.3 Å². The molecule has 1 saturated carbocycles. The molecule has 2 aromatic carbocycles. The van der Waals surface area contributed by atoms with Crippen molar-refractivity contribution in [3.63, 3.8) is 0 Å². The first kappa shape index (κ1) is 27.1. The monoisotopic (exact) mass is 603 g/mol. The highest BCUT2D eigenvalue weighted by Crippen LogP contribution is 2.47. The van der Waals surface area contributed by atoms with Crippen LogP contribution in [0.3, 0.4) is 0 Å². The van der Waals surface area contributed by atoms with Crippen molar-refractivity contribution in [3.8, 4) is 17.0 Å². The van der Waals surface area contributed by atoms with Gasteiger partial charge in [-0.25, -0.2) is 14.2 Å². The highest BCUT2D eigenvalue weighted by molar-refractivity contribution is 7.22. The Morgan fingerprint density at radius 1 is 1.12 bits per heavy atom. The van der Waals surface area contributed by atoms with Gasteiger partial charge in [-0.15, -0.1) is 13.2 Å². The van der Waals surface area contributed by atoms with Crippen LogP contribution >= 0.6 is 11.3 Å². The molecule has 2 atom stereocenters. The van der Waals surface area contributed by atoms with Crippen LogP contribution in [0, 0.1) is 5.82 Å². The minimum absolute atomic E-state index is 0.111. The van der Waals surface area contributed by atoms with E-state index in [1.165, 1.54) is 35.6 Å². The highest BCUT2D eigenvalue weighted by Gasteiger charge is 2.43. The van der Waals surface area contributed by atoms with Gasteiger partial charge in [-0.05, 0) is 62.8 Å². The number of nitrogens with zero attached hydrogens (tertiary/aromatic N) is 3. The Morgan fingerprint density at radius 3 is 2.55 bits per heavy atom. The molecule has 7 rings (SSSR count). The SMILES string of the molecule is O=C(O)c1cc(F)c2nc(N3C4CCC3CC(OCc3c(-c5ccccc5OC(F)(F)F)noc3C3CC3)C4)sc2c1. The fourth-order valence-corrected chi connectivity index (χ4v) is 7.37. The molecular weight excluding hydrogens is 578 g/mol. The van der Waals surface area contributed by atoms with Crippen LogP contribution < -0.4 is 9.64 Å². The number of carbonyl (C=O) groups is 1. The average Bonchev–Trinajstić information content (AvgIpc) is 3.45. The summed E-state index contributed by atoms with van der Waals surface area (Å²) in [5, 5.41) is 14.1. The fourth-order valence-electron chi connectivity index (χ4n) is 6.20. The molecule has 0 spiro atoms. The van der Waals surface area contributed by atoms with Crippen LogP contribution in [0.1, 0.15) is 66.1 Å². The maximum absolute atomic E-state index is 14.6. The van der Waals surface area contributed by atoms with Crippen LogP contribution in [0.4, 0.5) is 22.7 Å². The van der Waals surface area contributed by atoms with Crippen molar-refractivity contribution < 1.29 is 41.5 Å². The Balaban J connectivity index is 1.10. The molecule has 2 unspecified atom stereocenters. The predicted molar refractivity (Wildman–Crippen MR) is 144 cm³/mol. The molecule has 3 aliphatic rings. The third-order valence-corrected chi connectivity index (χ3v) is 9.21. The summed E-state index contributed by atoms with van der Waals surface area (Å²) < 4.78 is 70.7. The smallest absolute Gasteiger partial charge is 0.478 e. The molecule has 4 aromatic rings. The van der Waals surface area contributed by atoms with Gasteiger partial charge in [0.15, 0.2) is 10.9 Å². The Morgan fingerprint density at radius 2 is 1.86 bits per heavy atom. The van der Waals surface area contributed by atoms with E-state index >= 15 is 0 Å². The van der Waals surface area contributed by atoms with E-state index in [0.717, 1.165) is 31.7 Å². The number of rotatable bonds is 8. The van der Waals surface area contributed by atoms with Gasteiger partial charge in [0.25, 0.3) is 0 Å². The Hall–Kier alpha value is -3.71. The molecule has 0 amide bonds. The lowest BCUT2D eigenvalue weighted by atomic mass is 10.00. The van der Waals surface area contributed by atoms with Gasteiger partial charge < -0.3 is 24.0 Å². The van der Waals surface area contributed by atoms with E-state index < -0.39 is 18.1 Å². The Bertz CT molecular complexity index is 1650. The van der Waals surface area contributed by atoms with Gasteiger partial charge in [0.1, 0.15) is 22.7 Å². The number of ether oxygens (including phenoxy) is 2. The summed E-state index contributed by atoms with van der Waals surface area (Å²) in [6, 6.07) is 8.54. The average molecular weight is 604 g/mol. The zero-order valence-electron chi connectivity index (χ0n) is 22.1. The number of benzene rings is 2. The Labute approximate surface area is 240 Å². The number of aromatic carboxylic acids is 1. The second kappa shape index (κ2) is 10.2. The minimum atomic E-state index is -4.85. The normalized spacial score (nSPS) is 22.2. The maximum atomic E-state index is 14.6. The number of hydrogen-bond acceptors (Lipinski definition) is 8. The number of carboxylic acid groups (broad SMARTS) is 1. The van der Waals surface area contributed by atoms with Gasteiger partial charge in [0.05, 0.1) is 23.0 Å². The van der Waals surface area contributed by atoms with Gasteiger partial charge in [0, 0.05) is 29.1 Å². The van der Waals surface area contributed by atoms with Gasteiger partial charge in [-0.1, -0.05) is 28.6 Å². The number of aromatic nitrogens is 2. The molecule has 1 aliphatic carbocycles. The molecule has 220 valence electrons. The molecule has 2 saturated heterocycles. The lowest BCUT2D eigenvalue weighted by Crippen LogP contribution is -2.45. The lowest BCUT2D eigenvalue weighted by molar-refractivity contribution is -0.274. The summed E-state index contributed by atoms with van der Waals surface area (Å²) in [5.41, 5.74) is 1.17. The summed E-state index contributed by atoms with van der Waals surface area (Å²) in [7, 11) is 0. The van der Waals surface area contributed by atoms with Crippen molar-refractivity contribution >= 4 is 32.7 Å². The molecule has 2 bridgehead atoms. The van der Waals surface area contributed by atoms with E-state index in [0.29, 0.717) is 34.0 Å².